The first-order valence-electron chi connectivity index (χ1n) is 5.98. The molecule has 0 bridgehead atoms. The van der Waals surface area contributed by atoms with Crippen molar-refractivity contribution in [2.24, 2.45) is 0 Å². The minimum Gasteiger partial charge on any atom is -0.468 e. The predicted molar refractivity (Wildman–Crippen MR) is 71.1 cm³/mol. The topological polar surface area (TPSA) is 67.4 Å². The molecule has 1 saturated heterocycles. The number of nitrogens with one attached hydrogen (secondary N) is 2. The maximum atomic E-state index is 12.0. The first-order valence-corrected chi connectivity index (χ1v) is 6.35. The molecule has 1 aromatic carbocycles. The Bertz CT molecular complexity index is 475. The fourth-order valence-electron chi connectivity index (χ4n) is 2.04. The van der Waals surface area contributed by atoms with Crippen molar-refractivity contribution in [2.75, 3.05) is 13.7 Å². The number of halogens is 1. The van der Waals surface area contributed by atoms with Gasteiger partial charge in [-0.15, -0.1) is 0 Å². The summed E-state index contributed by atoms with van der Waals surface area (Å²) in [6.07, 6.45) is 0.534. The molecular weight excluding hydrogens is 268 g/mol. The minimum atomic E-state index is -0.347. The van der Waals surface area contributed by atoms with Gasteiger partial charge in [0.05, 0.1) is 7.11 Å². The van der Waals surface area contributed by atoms with Gasteiger partial charge in [0, 0.05) is 23.2 Å². The van der Waals surface area contributed by atoms with Gasteiger partial charge in [0.1, 0.15) is 6.04 Å². The Morgan fingerprint density at radius 1 is 1.37 bits per heavy atom. The van der Waals surface area contributed by atoms with E-state index in [0.717, 1.165) is 0 Å². The van der Waals surface area contributed by atoms with Crippen LogP contribution in [0.1, 0.15) is 16.8 Å². The Balaban J connectivity index is 1.90. The molecule has 2 atom stereocenters. The molecule has 19 heavy (non-hydrogen) atoms. The third-order valence-electron chi connectivity index (χ3n) is 3.06. The molecule has 6 heteroatoms. The summed E-state index contributed by atoms with van der Waals surface area (Å²) in [4.78, 5) is 23.3. The highest BCUT2D eigenvalue weighted by molar-refractivity contribution is 6.30. The van der Waals surface area contributed by atoms with Gasteiger partial charge in [-0.1, -0.05) is 11.6 Å². The Hall–Kier alpha value is -1.59. The summed E-state index contributed by atoms with van der Waals surface area (Å²) in [5.74, 6) is -0.475. The van der Waals surface area contributed by atoms with Crippen LogP contribution in [0.15, 0.2) is 24.3 Å². The molecule has 2 rings (SSSR count). The van der Waals surface area contributed by atoms with Crippen LogP contribution in [0.4, 0.5) is 0 Å². The van der Waals surface area contributed by atoms with Crippen molar-refractivity contribution >= 4 is 23.5 Å². The number of esters is 1. The number of hydrogen-bond donors (Lipinski definition) is 2. The summed E-state index contributed by atoms with van der Waals surface area (Å²) < 4.78 is 4.66. The number of amides is 1. The summed E-state index contributed by atoms with van der Waals surface area (Å²) in [6.45, 7) is 0.555. The zero-order valence-corrected chi connectivity index (χ0v) is 11.2. The van der Waals surface area contributed by atoms with Crippen molar-refractivity contribution in [1.29, 1.82) is 0 Å². The zero-order valence-electron chi connectivity index (χ0n) is 10.5. The van der Waals surface area contributed by atoms with Gasteiger partial charge in [-0.05, 0) is 30.7 Å². The van der Waals surface area contributed by atoms with E-state index in [1.54, 1.807) is 24.3 Å². The van der Waals surface area contributed by atoms with Gasteiger partial charge in [0.25, 0.3) is 5.91 Å². The molecule has 2 N–H and O–H groups in total. The Morgan fingerprint density at radius 3 is 2.68 bits per heavy atom. The van der Waals surface area contributed by atoms with E-state index in [1.165, 1.54) is 7.11 Å². The second-order valence-electron chi connectivity index (χ2n) is 4.40. The molecule has 0 unspecified atom stereocenters. The van der Waals surface area contributed by atoms with E-state index in [2.05, 4.69) is 15.4 Å². The van der Waals surface area contributed by atoms with Gasteiger partial charge in [0.15, 0.2) is 0 Å². The molecular formula is C13H15ClN2O3. The second-order valence-corrected chi connectivity index (χ2v) is 4.83. The van der Waals surface area contributed by atoms with E-state index in [1.807, 2.05) is 0 Å². The lowest BCUT2D eigenvalue weighted by molar-refractivity contribution is -0.142. The number of hydrogen-bond acceptors (Lipinski definition) is 4. The van der Waals surface area contributed by atoms with Gasteiger partial charge < -0.3 is 15.4 Å². The molecule has 1 heterocycles. The number of rotatable bonds is 3. The molecule has 1 aliphatic rings. The van der Waals surface area contributed by atoms with Crippen molar-refractivity contribution < 1.29 is 14.3 Å². The Kier molecular flexibility index (Phi) is 4.39. The maximum absolute atomic E-state index is 12.0. The van der Waals surface area contributed by atoms with Gasteiger partial charge in [-0.2, -0.15) is 0 Å². The monoisotopic (exact) mass is 282 g/mol. The second kappa shape index (κ2) is 6.04. The van der Waals surface area contributed by atoms with Crippen molar-refractivity contribution in [1.82, 2.24) is 10.6 Å². The molecule has 0 spiro atoms. The summed E-state index contributed by atoms with van der Waals surface area (Å²) in [7, 11) is 1.35. The first-order chi connectivity index (χ1) is 9.10. The van der Waals surface area contributed by atoms with Crippen LogP contribution in [0, 0.1) is 0 Å². The SMILES string of the molecule is COC(=O)[C@@H]1C[C@@H](NC(=O)c2ccc(Cl)cc2)CN1. The Labute approximate surface area is 116 Å². The molecule has 5 nitrogen and oxygen atoms in total. The lowest BCUT2D eigenvalue weighted by Gasteiger charge is -2.11. The van der Waals surface area contributed by atoms with E-state index >= 15 is 0 Å². The van der Waals surface area contributed by atoms with E-state index < -0.39 is 0 Å². The number of ether oxygens (including phenoxy) is 1. The quantitative estimate of drug-likeness (QED) is 0.811. The van der Waals surface area contributed by atoms with Crippen LogP contribution in [0.2, 0.25) is 5.02 Å². The van der Waals surface area contributed by atoms with Crippen LogP contribution in [0.25, 0.3) is 0 Å². The summed E-state index contributed by atoms with van der Waals surface area (Å²) in [6, 6.07) is 6.24. The molecule has 0 saturated carbocycles. The van der Waals surface area contributed by atoms with Gasteiger partial charge >= 0.3 is 5.97 Å². The van der Waals surface area contributed by atoms with Crippen LogP contribution in [0.3, 0.4) is 0 Å². The normalized spacial score (nSPS) is 22.0. The van der Waals surface area contributed by atoms with E-state index in [-0.39, 0.29) is 24.0 Å². The summed E-state index contributed by atoms with van der Waals surface area (Å²) in [5, 5.41) is 6.47. The largest absolute Gasteiger partial charge is 0.468 e. The van der Waals surface area contributed by atoms with Gasteiger partial charge in [0.2, 0.25) is 0 Å². The number of methoxy groups -OCH3 is 1. The molecule has 1 aromatic rings. The number of benzene rings is 1. The van der Waals surface area contributed by atoms with Gasteiger partial charge in [-0.3, -0.25) is 9.59 Å². The summed E-state index contributed by atoms with van der Waals surface area (Å²) in [5.41, 5.74) is 0.547. The highest BCUT2D eigenvalue weighted by Crippen LogP contribution is 2.12. The fraction of sp³-hybridized carbons (Fsp3) is 0.385. The highest BCUT2D eigenvalue weighted by Gasteiger charge is 2.30. The molecule has 102 valence electrons. The first kappa shape index (κ1) is 13.8. The van der Waals surface area contributed by atoms with Crippen LogP contribution < -0.4 is 10.6 Å². The molecule has 0 aromatic heterocycles. The van der Waals surface area contributed by atoms with E-state index in [4.69, 9.17) is 11.6 Å². The minimum absolute atomic E-state index is 0.0766. The molecule has 0 aliphatic carbocycles. The third kappa shape index (κ3) is 3.45. The van der Waals surface area contributed by atoms with Crippen LogP contribution in [0.5, 0.6) is 0 Å². The molecule has 1 aliphatic heterocycles. The van der Waals surface area contributed by atoms with Crippen molar-refractivity contribution in [2.45, 2.75) is 18.5 Å². The van der Waals surface area contributed by atoms with Crippen molar-refractivity contribution in [3.8, 4) is 0 Å². The van der Waals surface area contributed by atoms with Crippen molar-refractivity contribution in [3.05, 3.63) is 34.9 Å². The molecule has 0 radical (unpaired) electrons. The lowest BCUT2D eigenvalue weighted by Crippen LogP contribution is -2.36. The van der Waals surface area contributed by atoms with Crippen LogP contribution >= 0.6 is 11.6 Å². The van der Waals surface area contributed by atoms with E-state index in [9.17, 15) is 9.59 Å². The zero-order chi connectivity index (χ0) is 13.8. The van der Waals surface area contributed by atoms with Crippen LogP contribution in [-0.4, -0.2) is 37.6 Å². The predicted octanol–water partition coefficient (Wildman–Crippen LogP) is 0.973. The van der Waals surface area contributed by atoms with Gasteiger partial charge in [-0.25, -0.2) is 0 Å². The molecule has 1 fully saturated rings. The van der Waals surface area contributed by atoms with Crippen LogP contribution in [-0.2, 0) is 9.53 Å². The maximum Gasteiger partial charge on any atom is 0.322 e. The fourth-order valence-corrected chi connectivity index (χ4v) is 2.16. The number of carbonyl (C=O) groups is 2. The van der Waals surface area contributed by atoms with Crippen molar-refractivity contribution in [3.63, 3.8) is 0 Å². The summed E-state index contributed by atoms with van der Waals surface area (Å²) >= 11 is 5.76. The third-order valence-corrected chi connectivity index (χ3v) is 3.31. The average molecular weight is 283 g/mol. The standard InChI is InChI=1S/C13H15ClN2O3/c1-19-13(18)11-6-10(7-15-11)16-12(17)8-2-4-9(14)5-3-8/h2-5,10-11,15H,6-7H2,1H3,(H,16,17)/t10-,11+/m1/s1. The number of carbonyl (C=O) groups excluding carboxylic acids is 2. The average Bonchev–Trinajstić information content (AvgIpc) is 2.87. The smallest absolute Gasteiger partial charge is 0.322 e. The lowest BCUT2D eigenvalue weighted by atomic mass is 10.1. The van der Waals surface area contributed by atoms with E-state index in [0.29, 0.717) is 23.6 Å². The molecule has 1 amide bonds. The highest BCUT2D eigenvalue weighted by atomic mass is 35.5. The Morgan fingerprint density at radius 2 is 2.05 bits per heavy atom.